The summed E-state index contributed by atoms with van der Waals surface area (Å²) in [5.41, 5.74) is 0.751. The normalized spacial score (nSPS) is 11.3. The van der Waals surface area contributed by atoms with E-state index in [2.05, 4.69) is 51.6 Å². The third-order valence-electron chi connectivity index (χ3n) is 3.70. The Hall–Kier alpha value is -2.62. The zero-order chi connectivity index (χ0) is 19.2. The Labute approximate surface area is 161 Å². The molecular weight excluding hydrogens is 366 g/mol. The molecule has 2 N–H and O–H groups in total. The van der Waals surface area contributed by atoms with Crippen molar-refractivity contribution in [3.63, 3.8) is 0 Å². The Bertz CT molecular complexity index is 892. The smallest absolute Gasteiger partial charge is 0.289 e. The molecule has 0 unspecified atom stereocenters. The molecule has 27 heavy (non-hydrogen) atoms. The number of rotatable bonds is 9. The van der Waals surface area contributed by atoms with Crippen LogP contribution in [0.25, 0.3) is 11.0 Å². The van der Waals surface area contributed by atoms with Crippen LogP contribution < -0.4 is 10.6 Å². The molecule has 0 aromatic carbocycles. The molecule has 0 aliphatic rings. The molecular formula is C17H23N7O2S. The van der Waals surface area contributed by atoms with Crippen molar-refractivity contribution in [2.75, 3.05) is 24.2 Å². The Morgan fingerprint density at radius 2 is 2.22 bits per heavy atom. The Kier molecular flexibility index (Phi) is 6.28. The molecule has 3 rings (SSSR count). The van der Waals surface area contributed by atoms with Gasteiger partial charge in [-0.3, -0.25) is 4.79 Å². The molecule has 3 aromatic rings. The molecule has 144 valence electrons. The lowest BCUT2D eigenvalue weighted by Crippen LogP contribution is -2.27. The molecule has 0 bridgehead atoms. The zero-order valence-corrected chi connectivity index (χ0v) is 16.4. The van der Waals surface area contributed by atoms with Crippen LogP contribution in [0.3, 0.4) is 0 Å². The second kappa shape index (κ2) is 8.85. The summed E-state index contributed by atoms with van der Waals surface area (Å²) in [5, 5.41) is 15.7. The summed E-state index contributed by atoms with van der Waals surface area (Å²) in [4.78, 5) is 21.2. The van der Waals surface area contributed by atoms with Crippen LogP contribution in [0.15, 0.2) is 28.1 Å². The highest BCUT2D eigenvalue weighted by molar-refractivity contribution is 7.99. The fourth-order valence-electron chi connectivity index (χ4n) is 2.42. The number of hydrogen-bond acceptors (Lipinski definition) is 8. The summed E-state index contributed by atoms with van der Waals surface area (Å²) in [6, 6.07) is 1.52. The van der Waals surface area contributed by atoms with Gasteiger partial charge in [-0.1, -0.05) is 37.7 Å². The number of fused-ring (bicyclic) bond motifs is 1. The molecule has 0 atom stereocenters. The van der Waals surface area contributed by atoms with Gasteiger partial charge in [0.25, 0.3) is 5.91 Å². The summed E-state index contributed by atoms with van der Waals surface area (Å²) < 4.78 is 6.62. The molecule has 3 heterocycles. The van der Waals surface area contributed by atoms with E-state index in [9.17, 15) is 4.79 Å². The van der Waals surface area contributed by atoms with E-state index in [1.54, 1.807) is 22.6 Å². The maximum Gasteiger partial charge on any atom is 0.289 e. The van der Waals surface area contributed by atoms with E-state index in [1.807, 2.05) is 0 Å². The molecule has 0 saturated heterocycles. The SMILES string of the molecule is CCSc1nc(NCC(C)C)c2cnn(CCNC(=O)c3ccno3)c2n1. The van der Waals surface area contributed by atoms with Crippen LogP contribution in [0.4, 0.5) is 5.82 Å². The highest BCUT2D eigenvalue weighted by Gasteiger charge is 2.14. The molecule has 0 saturated carbocycles. The van der Waals surface area contributed by atoms with E-state index < -0.39 is 0 Å². The maximum atomic E-state index is 11.9. The number of carbonyl (C=O) groups excluding carboxylic acids is 1. The summed E-state index contributed by atoms with van der Waals surface area (Å²) in [5.74, 6) is 2.06. The van der Waals surface area contributed by atoms with Crippen molar-refractivity contribution in [2.24, 2.45) is 5.92 Å². The Morgan fingerprint density at radius 1 is 1.37 bits per heavy atom. The van der Waals surface area contributed by atoms with Gasteiger partial charge in [-0.05, 0) is 11.7 Å². The van der Waals surface area contributed by atoms with Gasteiger partial charge >= 0.3 is 0 Å². The molecule has 0 fully saturated rings. The van der Waals surface area contributed by atoms with Gasteiger partial charge in [0.1, 0.15) is 5.82 Å². The summed E-state index contributed by atoms with van der Waals surface area (Å²) in [7, 11) is 0. The standard InChI is InChI=1S/C17H23N7O2S/c1-4-27-17-22-14(19-9-11(2)3)12-10-20-24(15(12)23-17)8-7-18-16(25)13-5-6-21-26-13/h5-6,10-11H,4,7-9H2,1-3H3,(H,18,25)(H,19,22,23). The minimum absolute atomic E-state index is 0.185. The first-order valence-corrected chi connectivity index (χ1v) is 9.86. The molecule has 0 spiro atoms. The number of thioether (sulfide) groups is 1. The largest absolute Gasteiger partial charge is 0.369 e. The van der Waals surface area contributed by atoms with Crippen LogP contribution in [0.1, 0.15) is 31.3 Å². The van der Waals surface area contributed by atoms with Gasteiger partial charge < -0.3 is 15.2 Å². The number of nitrogens with one attached hydrogen (secondary N) is 2. The third kappa shape index (κ3) is 4.76. The fraction of sp³-hybridized carbons (Fsp3) is 0.471. The van der Waals surface area contributed by atoms with Crippen molar-refractivity contribution in [3.8, 4) is 0 Å². The number of anilines is 1. The fourth-order valence-corrected chi connectivity index (χ4v) is 2.99. The molecule has 10 heteroatoms. The lowest BCUT2D eigenvalue weighted by Gasteiger charge is -2.11. The zero-order valence-electron chi connectivity index (χ0n) is 15.6. The summed E-state index contributed by atoms with van der Waals surface area (Å²) in [6.45, 7) is 8.06. The van der Waals surface area contributed by atoms with Crippen LogP contribution in [0, 0.1) is 5.92 Å². The Morgan fingerprint density at radius 3 is 2.93 bits per heavy atom. The predicted molar refractivity (Wildman–Crippen MR) is 104 cm³/mol. The van der Waals surface area contributed by atoms with E-state index in [1.165, 1.54) is 12.3 Å². The van der Waals surface area contributed by atoms with Gasteiger partial charge in [0.15, 0.2) is 10.8 Å². The van der Waals surface area contributed by atoms with Crippen LogP contribution >= 0.6 is 11.8 Å². The number of hydrogen-bond donors (Lipinski definition) is 2. The first kappa shape index (κ1) is 19.2. The van der Waals surface area contributed by atoms with Crippen molar-refractivity contribution in [1.82, 2.24) is 30.2 Å². The number of amides is 1. The summed E-state index contributed by atoms with van der Waals surface area (Å²) in [6.07, 6.45) is 3.20. The minimum Gasteiger partial charge on any atom is -0.369 e. The molecule has 0 radical (unpaired) electrons. The van der Waals surface area contributed by atoms with E-state index in [-0.39, 0.29) is 11.7 Å². The second-order valence-corrected chi connectivity index (χ2v) is 7.53. The first-order valence-electron chi connectivity index (χ1n) is 8.87. The van der Waals surface area contributed by atoms with E-state index in [0.717, 1.165) is 29.1 Å². The number of aromatic nitrogens is 5. The van der Waals surface area contributed by atoms with Gasteiger partial charge in [-0.25, -0.2) is 14.6 Å². The molecule has 9 nitrogen and oxygen atoms in total. The summed E-state index contributed by atoms with van der Waals surface area (Å²) >= 11 is 1.59. The predicted octanol–water partition coefficient (Wildman–Crippen LogP) is 2.42. The van der Waals surface area contributed by atoms with Crippen LogP contribution in [0.5, 0.6) is 0 Å². The topological polar surface area (TPSA) is 111 Å². The average Bonchev–Trinajstić information content (AvgIpc) is 3.30. The Balaban J connectivity index is 1.75. The van der Waals surface area contributed by atoms with Crippen LogP contribution in [-0.2, 0) is 6.54 Å². The third-order valence-corrected chi connectivity index (χ3v) is 4.43. The van der Waals surface area contributed by atoms with E-state index in [4.69, 9.17) is 4.52 Å². The van der Waals surface area contributed by atoms with Crippen molar-refractivity contribution in [2.45, 2.75) is 32.5 Å². The average molecular weight is 389 g/mol. The highest BCUT2D eigenvalue weighted by Crippen LogP contribution is 2.24. The van der Waals surface area contributed by atoms with Crippen molar-refractivity contribution in [3.05, 3.63) is 24.2 Å². The van der Waals surface area contributed by atoms with Crippen molar-refractivity contribution in [1.29, 1.82) is 0 Å². The first-order chi connectivity index (χ1) is 13.1. The van der Waals surface area contributed by atoms with Crippen molar-refractivity contribution < 1.29 is 9.32 Å². The van der Waals surface area contributed by atoms with Crippen molar-refractivity contribution >= 4 is 34.5 Å². The molecule has 1 amide bonds. The molecule has 3 aromatic heterocycles. The quantitative estimate of drug-likeness (QED) is 0.424. The van der Waals surface area contributed by atoms with Crippen LogP contribution in [-0.4, -0.2) is 49.7 Å². The maximum absolute atomic E-state index is 11.9. The van der Waals surface area contributed by atoms with Gasteiger partial charge in [-0.2, -0.15) is 5.10 Å². The minimum atomic E-state index is -0.305. The van der Waals surface area contributed by atoms with E-state index >= 15 is 0 Å². The lowest BCUT2D eigenvalue weighted by molar-refractivity contribution is 0.0915. The lowest BCUT2D eigenvalue weighted by atomic mass is 10.2. The highest BCUT2D eigenvalue weighted by atomic mass is 32.2. The number of nitrogens with zero attached hydrogens (tertiary/aromatic N) is 5. The number of carbonyl (C=O) groups is 1. The molecule has 0 aliphatic carbocycles. The second-order valence-electron chi connectivity index (χ2n) is 6.30. The van der Waals surface area contributed by atoms with Gasteiger partial charge in [0, 0.05) is 19.2 Å². The van der Waals surface area contributed by atoms with Gasteiger partial charge in [-0.15, -0.1) is 0 Å². The van der Waals surface area contributed by atoms with Crippen LogP contribution in [0.2, 0.25) is 0 Å². The monoisotopic (exact) mass is 389 g/mol. The van der Waals surface area contributed by atoms with Gasteiger partial charge in [0.05, 0.1) is 24.3 Å². The van der Waals surface area contributed by atoms with E-state index in [0.29, 0.717) is 24.2 Å². The van der Waals surface area contributed by atoms with Gasteiger partial charge in [0.2, 0.25) is 5.76 Å². The molecule has 0 aliphatic heterocycles.